The summed E-state index contributed by atoms with van der Waals surface area (Å²) in [5.74, 6) is 0.0684. The van der Waals surface area contributed by atoms with Gasteiger partial charge >= 0.3 is 6.03 Å². The van der Waals surface area contributed by atoms with Crippen molar-refractivity contribution in [3.05, 3.63) is 21.3 Å². The van der Waals surface area contributed by atoms with Gasteiger partial charge in [-0.1, -0.05) is 11.6 Å². The maximum absolute atomic E-state index is 12.3. The van der Waals surface area contributed by atoms with E-state index in [2.05, 4.69) is 5.32 Å². The Bertz CT molecular complexity index is 520. The Balaban J connectivity index is 1.89. The molecule has 116 valence electrons. The molecule has 1 N–H and O–H groups in total. The van der Waals surface area contributed by atoms with Crippen LogP contribution in [0.15, 0.2) is 12.1 Å². The molecule has 21 heavy (non-hydrogen) atoms. The van der Waals surface area contributed by atoms with Crippen LogP contribution in [0.1, 0.15) is 31.2 Å². The van der Waals surface area contributed by atoms with E-state index < -0.39 is 0 Å². The molecule has 2 rings (SSSR count). The van der Waals surface area contributed by atoms with Crippen molar-refractivity contribution in [2.75, 3.05) is 26.2 Å². The predicted molar refractivity (Wildman–Crippen MR) is 84.7 cm³/mol. The van der Waals surface area contributed by atoms with Gasteiger partial charge < -0.3 is 15.1 Å². The maximum Gasteiger partial charge on any atom is 0.317 e. The first-order valence-electron chi connectivity index (χ1n) is 7.03. The lowest BCUT2D eigenvalue weighted by molar-refractivity contribution is -0.128. The second-order valence-corrected chi connectivity index (χ2v) is 6.91. The monoisotopic (exact) mass is 329 g/mol. The lowest BCUT2D eigenvalue weighted by Crippen LogP contribution is -2.43. The van der Waals surface area contributed by atoms with Crippen LogP contribution < -0.4 is 5.32 Å². The zero-order chi connectivity index (χ0) is 15.4. The number of urea groups is 1. The lowest BCUT2D eigenvalue weighted by Gasteiger charge is -2.23. The van der Waals surface area contributed by atoms with Gasteiger partial charge in [-0.15, -0.1) is 11.3 Å². The van der Waals surface area contributed by atoms with Gasteiger partial charge in [0, 0.05) is 38.0 Å². The van der Waals surface area contributed by atoms with Crippen LogP contribution in [0, 0.1) is 0 Å². The standard InChI is InChI=1S/C14H20ClN3O2S/c1-10(12-4-5-13(15)21-12)16-14(20)18-7-3-6-17(8-9-18)11(2)19/h4-5,10H,3,6-9H2,1-2H3,(H,16,20). The fourth-order valence-electron chi connectivity index (χ4n) is 2.34. The smallest absolute Gasteiger partial charge is 0.317 e. The number of carbonyl (C=O) groups is 2. The normalized spacial score (nSPS) is 17.3. The number of thiophene rings is 1. The maximum atomic E-state index is 12.3. The zero-order valence-corrected chi connectivity index (χ0v) is 13.8. The molecule has 1 aliphatic rings. The zero-order valence-electron chi connectivity index (χ0n) is 12.3. The van der Waals surface area contributed by atoms with Crippen LogP contribution in [0.3, 0.4) is 0 Å². The number of rotatable bonds is 2. The number of halogens is 1. The van der Waals surface area contributed by atoms with Gasteiger partial charge in [0.05, 0.1) is 10.4 Å². The molecule has 5 nitrogen and oxygen atoms in total. The molecule has 1 aromatic heterocycles. The van der Waals surface area contributed by atoms with Crippen LogP contribution in [0.4, 0.5) is 4.79 Å². The van der Waals surface area contributed by atoms with E-state index in [1.165, 1.54) is 11.3 Å². The minimum Gasteiger partial charge on any atom is -0.341 e. The quantitative estimate of drug-likeness (QED) is 0.907. The van der Waals surface area contributed by atoms with Crippen molar-refractivity contribution in [3.8, 4) is 0 Å². The number of nitrogens with one attached hydrogen (secondary N) is 1. The summed E-state index contributed by atoms with van der Waals surface area (Å²) in [5.41, 5.74) is 0. The van der Waals surface area contributed by atoms with E-state index in [0.717, 1.165) is 22.2 Å². The van der Waals surface area contributed by atoms with Crippen molar-refractivity contribution in [2.24, 2.45) is 0 Å². The Hall–Kier alpha value is -1.27. The highest BCUT2D eigenvalue weighted by atomic mass is 35.5. The minimum absolute atomic E-state index is 0.0674. The van der Waals surface area contributed by atoms with Gasteiger partial charge in [-0.05, 0) is 25.5 Å². The molecule has 0 aliphatic carbocycles. The molecule has 7 heteroatoms. The first-order valence-corrected chi connectivity index (χ1v) is 8.23. The van der Waals surface area contributed by atoms with E-state index in [9.17, 15) is 9.59 Å². The van der Waals surface area contributed by atoms with Crippen LogP contribution in [-0.4, -0.2) is 47.9 Å². The number of nitrogens with zero attached hydrogens (tertiary/aromatic N) is 2. The van der Waals surface area contributed by atoms with Crippen LogP contribution in [0.25, 0.3) is 0 Å². The molecule has 0 bridgehead atoms. The molecule has 1 atom stereocenters. The highest BCUT2D eigenvalue weighted by Crippen LogP contribution is 2.26. The van der Waals surface area contributed by atoms with Crippen LogP contribution in [-0.2, 0) is 4.79 Å². The topological polar surface area (TPSA) is 52.7 Å². The Morgan fingerprint density at radius 1 is 1.24 bits per heavy atom. The molecular formula is C14H20ClN3O2S. The third-order valence-electron chi connectivity index (χ3n) is 3.59. The van der Waals surface area contributed by atoms with Gasteiger partial charge in [-0.25, -0.2) is 4.79 Å². The number of hydrogen-bond acceptors (Lipinski definition) is 3. The SMILES string of the molecule is CC(=O)N1CCCN(C(=O)NC(C)c2ccc(Cl)s2)CC1. The van der Waals surface area contributed by atoms with E-state index in [4.69, 9.17) is 11.6 Å². The van der Waals surface area contributed by atoms with Crippen LogP contribution >= 0.6 is 22.9 Å². The number of amides is 3. The summed E-state index contributed by atoms with van der Waals surface area (Å²) >= 11 is 7.39. The average Bonchev–Trinajstić information content (AvgIpc) is 2.73. The molecule has 1 aliphatic heterocycles. The molecule has 0 radical (unpaired) electrons. The largest absolute Gasteiger partial charge is 0.341 e. The van der Waals surface area contributed by atoms with E-state index >= 15 is 0 Å². The summed E-state index contributed by atoms with van der Waals surface area (Å²) in [6.45, 7) is 6.08. The average molecular weight is 330 g/mol. The van der Waals surface area contributed by atoms with Gasteiger partial charge in [0.2, 0.25) is 5.91 Å². The Kier molecular flexibility index (Phi) is 5.47. The summed E-state index contributed by atoms with van der Waals surface area (Å²) in [5, 5.41) is 2.99. The minimum atomic E-state index is -0.0857. The van der Waals surface area contributed by atoms with Crippen molar-refractivity contribution in [1.29, 1.82) is 0 Å². The Labute approximate surface area is 133 Å². The summed E-state index contributed by atoms with van der Waals surface area (Å²) in [6.07, 6.45) is 0.812. The second-order valence-electron chi connectivity index (χ2n) is 5.16. The fraction of sp³-hybridized carbons (Fsp3) is 0.571. The Morgan fingerprint density at radius 2 is 1.90 bits per heavy atom. The summed E-state index contributed by atoms with van der Waals surface area (Å²) < 4.78 is 0.720. The molecular weight excluding hydrogens is 310 g/mol. The molecule has 1 aromatic rings. The van der Waals surface area contributed by atoms with Crippen LogP contribution in [0.5, 0.6) is 0 Å². The highest BCUT2D eigenvalue weighted by molar-refractivity contribution is 7.16. The fourth-order valence-corrected chi connectivity index (χ4v) is 3.41. The predicted octanol–water partition coefficient (Wildman–Crippen LogP) is 2.73. The van der Waals surface area contributed by atoms with Gasteiger partial charge in [0.15, 0.2) is 0 Å². The van der Waals surface area contributed by atoms with E-state index in [1.54, 1.807) is 16.7 Å². The van der Waals surface area contributed by atoms with Crippen molar-refractivity contribution in [1.82, 2.24) is 15.1 Å². The van der Waals surface area contributed by atoms with Gasteiger partial charge in [-0.3, -0.25) is 4.79 Å². The van der Waals surface area contributed by atoms with Crippen molar-refractivity contribution < 1.29 is 9.59 Å². The molecule has 2 heterocycles. The first kappa shape index (κ1) is 16.1. The third kappa shape index (κ3) is 4.35. The second kappa shape index (κ2) is 7.13. The highest BCUT2D eigenvalue weighted by Gasteiger charge is 2.21. The summed E-state index contributed by atoms with van der Waals surface area (Å²) in [7, 11) is 0. The van der Waals surface area contributed by atoms with Gasteiger partial charge in [0.25, 0.3) is 0 Å². The molecule has 1 fully saturated rings. The molecule has 0 saturated carbocycles. The third-order valence-corrected chi connectivity index (χ3v) is 5.00. The molecule has 0 spiro atoms. The number of carbonyl (C=O) groups excluding carboxylic acids is 2. The van der Waals surface area contributed by atoms with E-state index in [0.29, 0.717) is 19.6 Å². The van der Waals surface area contributed by atoms with Gasteiger partial charge in [-0.2, -0.15) is 0 Å². The van der Waals surface area contributed by atoms with Crippen molar-refractivity contribution >= 4 is 34.9 Å². The first-order chi connectivity index (χ1) is 9.97. The Morgan fingerprint density at radius 3 is 2.52 bits per heavy atom. The van der Waals surface area contributed by atoms with Gasteiger partial charge in [0.1, 0.15) is 0 Å². The van der Waals surface area contributed by atoms with Crippen molar-refractivity contribution in [3.63, 3.8) is 0 Å². The lowest BCUT2D eigenvalue weighted by atomic mass is 10.3. The van der Waals surface area contributed by atoms with E-state index in [-0.39, 0.29) is 18.0 Å². The van der Waals surface area contributed by atoms with E-state index in [1.807, 2.05) is 19.1 Å². The summed E-state index contributed by atoms with van der Waals surface area (Å²) in [6, 6.07) is 3.61. The molecule has 3 amide bonds. The number of hydrogen-bond donors (Lipinski definition) is 1. The summed E-state index contributed by atoms with van der Waals surface area (Å²) in [4.78, 5) is 28.3. The van der Waals surface area contributed by atoms with Crippen LogP contribution in [0.2, 0.25) is 4.34 Å². The molecule has 0 aromatic carbocycles. The molecule has 1 saturated heterocycles. The van der Waals surface area contributed by atoms with Crippen molar-refractivity contribution in [2.45, 2.75) is 26.3 Å². The molecule has 1 unspecified atom stereocenters.